The minimum Gasteiger partial charge on any atom is -0.489 e. The lowest BCUT2D eigenvalue weighted by molar-refractivity contribution is 0.100. The van der Waals surface area contributed by atoms with Gasteiger partial charge < -0.3 is 15.8 Å². The first kappa shape index (κ1) is 9.98. The molecule has 1 heterocycles. The first-order chi connectivity index (χ1) is 7.25. The molecule has 0 aromatic heterocycles. The van der Waals surface area contributed by atoms with Crippen LogP contribution in [-0.4, -0.2) is 25.1 Å². The molecule has 0 unspecified atom stereocenters. The SMILES string of the molecule is NC(=O)c1ccc(O[C@@H]2CCNC2)cc1. The number of primary amides is 1. The highest BCUT2D eigenvalue weighted by Gasteiger charge is 2.15. The molecule has 2 rings (SSSR count). The molecule has 0 radical (unpaired) electrons. The molecular weight excluding hydrogens is 192 g/mol. The van der Waals surface area contributed by atoms with Gasteiger partial charge in [-0.3, -0.25) is 4.79 Å². The molecule has 3 N–H and O–H groups in total. The molecule has 80 valence electrons. The Balaban J connectivity index is 2.00. The monoisotopic (exact) mass is 206 g/mol. The molecule has 4 nitrogen and oxygen atoms in total. The zero-order chi connectivity index (χ0) is 10.7. The molecule has 0 saturated carbocycles. The van der Waals surface area contributed by atoms with Crippen molar-refractivity contribution in [2.75, 3.05) is 13.1 Å². The van der Waals surface area contributed by atoms with Gasteiger partial charge in [-0.1, -0.05) is 0 Å². The summed E-state index contributed by atoms with van der Waals surface area (Å²) in [5.41, 5.74) is 5.64. The fourth-order valence-corrected chi connectivity index (χ4v) is 1.62. The molecular formula is C11H14N2O2. The minimum atomic E-state index is -0.413. The van der Waals surface area contributed by atoms with Gasteiger partial charge >= 0.3 is 0 Å². The molecule has 15 heavy (non-hydrogen) atoms. The molecule has 1 fully saturated rings. The summed E-state index contributed by atoms with van der Waals surface area (Å²) >= 11 is 0. The van der Waals surface area contributed by atoms with Gasteiger partial charge in [0.2, 0.25) is 5.91 Å². The summed E-state index contributed by atoms with van der Waals surface area (Å²) in [5, 5.41) is 3.22. The van der Waals surface area contributed by atoms with Crippen molar-refractivity contribution in [2.45, 2.75) is 12.5 Å². The van der Waals surface area contributed by atoms with E-state index in [2.05, 4.69) is 5.32 Å². The Morgan fingerprint density at radius 2 is 2.13 bits per heavy atom. The van der Waals surface area contributed by atoms with Crippen molar-refractivity contribution in [3.05, 3.63) is 29.8 Å². The van der Waals surface area contributed by atoms with Crippen LogP contribution in [0.25, 0.3) is 0 Å². The Bertz CT molecular complexity index is 342. The van der Waals surface area contributed by atoms with Crippen molar-refractivity contribution < 1.29 is 9.53 Å². The summed E-state index contributed by atoms with van der Waals surface area (Å²) < 4.78 is 5.70. The van der Waals surface area contributed by atoms with Gasteiger partial charge in [-0.25, -0.2) is 0 Å². The molecule has 1 atom stereocenters. The summed E-state index contributed by atoms with van der Waals surface area (Å²) in [5.74, 6) is 0.373. The summed E-state index contributed by atoms with van der Waals surface area (Å²) in [6.07, 6.45) is 1.27. The summed E-state index contributed by atoms with van der Waals surface area (Å²) in [4.78, 5) is 10.8. The Morgan fingerprint density at radius 1 is 1.40 bits per heavy atom. The fraction of sp³-hybridized carbons (Fsp3) is 0.364. The van der Waals surface area contributed by atoms with E-state index in [1.54, 1.807) is 24.3 Å². The Kier molecular flexibility index (Phi) is 2.87. The van der Waals surface area contributed by atoms with Crippen LogP contribution in [-0.2, 0) is 0 Å². The molecule has 1 aliphatic rings. The van der Waals surface area contributed by atoms with Crippen molar-refractivity contribution >= 4 is 5.91 Å². The number of carbonyl (C=O) groups excluding carboxylic acids is 1. The van der Waals surface area contributed by atoms with Crippen LogP contribution >= 0.6 is 0 Å². The molecule has 1 saturated heterocycles. The van der Waals surface area contributed by atoms with E-state index in [1.807, 2.05) is 0 Å². The van der Waals surface area contributed by atoms with Gasteiger partial charge in [-0.05, 0) is 37.2 Å². The number of rotatable bonds is 3. The van der Waals surface area contributed by atoms with E-state index in [1.165, 1.54) is 0 Å². The number of carbonyl (C=O) groups is 1. The Hall–Kier alpha value is -1.55. The topological polar surface area (TPSA) is 64.4 Å². The Morgan fingerprint density at radius 3 is 2.67 bits per heavy atom. The fourth-order valence-electron chi connectivity index (χ4n) is 1.62. The maximum absolute atomic E-state index is 10.8. The number of hydrogen-bond acceptors (Lipinski definition) is 3. The molecule has 0 spiro atoms. The summed E-state index contributed by atoms with van der Waals surface area (Å²) in [7, 11) is 0. The Labute approximate surface area is 88.4 Å². The van der Waals surface area contributed by atoms with Gasteiger partial charge in [-0.15, -0.1) is 0 Å². The predicted octanol–water partition coefficient (Wildman–Crippen LogP) is 0.526. The number of nitrogens with two attached hydrogens (primary N) is 1. The van der Waals surface area contributed by atoms with E-state index in [0.717, 1.165) is 25.3 Å². The maximum atomic E-state index is 10.8. The van der Waals surface area contributed by atoms with Crippen LogP contribution in [0, 0.1) is 0 Å². The number of benzene rings is 1. The highest BCUT2D eigenvalue weighted by molar-refractivity contribution is 5.92. The van der Waals surface area contributed by atoms with Crippen molar-refractivity contribution in [1.29, 1.82) is 0 Å². The first-order valence-electron chi connectivity index (χ1n) is 5.03. The van der Waals surface area contributed by atoms with E-state index in [9.17, 15) is 4.79 Å². The van der Waals surface area contributed by atoms with E-state index in [-0.39, 0.29) is 6.10 Å². The van der Waals surface area contributed by atoms with Gasteiger partial charge in [0.1, 0.15) is 11.9 Å². The van der Waals surface area contributed by atoms with Gasteiger partial charge in [0.25, 0.3) is 0 Å². The first-order valence-corrected chi connectivity index (χ1v) is 5.03. The van der Waals surface area contributed by atoms with Gasteiger partial charge in [0, 0.05) is 12.1 Å². The third-order valence-corrected chi connectivity index (χ3v) is 2.46. The third kappa shape index (κ3) is 2.47. The van der Waals surface area contributed by atoms with Crippen LogP contribution in [0.15, 0.2) is 24.3 Å². The minimum absolute atomic E-state index is 0.240. The summed E-state index contributed by atoms with van der Waals surface area (Å²) in [6, 6.07) is 6.91. The second kappa shape index (κ2) is 4.31. The highest BCUT2D eigenvalue weighted by Crippen LogP contribution is 2.15. The average Bonchev–Trinajstić information content (AvgIpc) is 2.71. The highest BCUT2D eigenvalue weighted by atomic mass is 16.5. The normalized spacial score (nSPS) is 20.1. The standard InChI is InChI=1S/C11H14N2O2/c12-11(14)8-1-3-9(4-2-8)15-10-5-6-13-7-10/h1-4,10,13H,5-7H2,(H2,12,14)/t10-/m1/s1. The summed E-state index contributed by atoms with van der Waals surface area (Å²) in [6.45, 7) is 1.89. The number of hydrogen-bond donors (Lipinski definition) is 2. The quantitative estimate of drug-likeness (QED) is 0.758. The van der Waals surface area contributed by atoms with E-state index >= 15 is 0 Å². The molecule has 0 aliphatic carbocycles. The van der Waals surface area contributed by atoms with Crippen LogP contribution in [0.3, 0.4) is 0 Å². The van der Waals surface area contributed by atoms with Gasteiger partial charge in [-0.2, -0.15) is 0 Å². The van der Waals surface area contributed by atoms with Crippen LogP contribution in [0.5, 0.6) is 5.75 Å². The molecule has 1 amide bonds. The lowest BCUT2D eigenvalue weighted by Crippen LogP contribution is -2.19. The van der Waals surface area contributed by atoms with E-state index in [4.69, 9.17) is 10.5 Å². The predicted molar refractivity (Wildman–Crippen MR) is 56.9 cm³/mol. The van der Waals surface area contributed by atoms with Crippen LogP contribution in [0.4, 0.5) is 0 Å². The zero-order valence-corrected chi connectivity index (χ0v) is 8.40. The van der Waals surface area contributed by atoms with Crippen molar-refractivity contribution in [2.24, 2.45) is 5.73 Å². The number of amides is 1. The van der Waals surface area contributed by atoms with Crippen molar-refractivity contribution in [1.82, 2.24) is 5.32 Å². The zero-order valence-electron chi connectivity index (χ0n) is 8.40. The lowest BCUT2D eigenvalue weighted by atomic mass is 10.2. The van der Waals surface area contributed by atoms with Crippen molar-refractivity contribution in [3.8, 4) is 5.75 Å². The molecule has 1 aromatic rings. The van der Waals surface area contributed by atoms with Gasteiger partial charge in [0.15, 0.2) is 0 Å². The molecule has 1 aliphatic heterocycles. The third-order valence-electron chi connectivity index (χ3n) is 2.46. The smallest absolute Gasteiger partial charge is 0.248 e. The molecule has 4 heteroatoms. The largest absolute Gasteiger partial charge is 0.489 e. The van der Waals surface area contributed by atoms with Gasteiger partial charge in [0.05, 0.1) is 0 Å². The molecule has 1 aromatic carbocycles. The van der Waals surface area contributed by atoms with E-state index in [0.29, 0.717) is 5.56 Å². The van der Waals surface area contributed by atoms with Crippen LogP contribution in [0.2, 0.25) is 0 Å². The lowest BCUT2D eigenvalue weighted by Gasteiger charge is -2.12. The number of nitrogens with one attached hydrogen (secondary N) is 1. The second-order valence-corrected chi connectivity index (χ2v) is 3.62. The van der Waals surface area contributed by atoms with E-state index < -0.39 is 5.91 Å². The second-order valence-electron chi connectivity index (χ2n) is 3.62. The molecule has 0 bridgehead atoms. The van der Waals surface area contributed by atoms with Crippen molar-refractivity contribution in [3.63, 3.8) is 0 Å². The average molecular weight is 206 g/mol. The number of ether oxygens (including phenoxy) is 1. The maximum Gasteiger partial charge on any atom is 0.248 e. The van der Waals surface area contributed by atoms with Crippen LogP contribution in [0.1, 0.15) is 16.8 Å². The van der Waals surface area contributed by atoms with Crippen LogP contribution < -0.4 is 15.8 Å².